The molecule has 0 spiro atoms. The minimum atomic E-state index is -0.494. The Balaban J connectivity index is 2.21. The van der Waals surface area contributed by atoms with Crippen molar-refractivity contribution in [2.75, 3.05) is 26.0 Å². The Hall–Kier alpha value is -2.22. The summed E-state index contributed by atoms with van der Waals surface area (Å²) in [6.45, 7) is 2.99. The lowest BCUT2D eigenvalue weighted by Gasteiger charge is -2.17. The van der Waals surface area contributed by atoms with Gasteiger partial charge in [-0.25, -0.2) is 4.63 Å². The van der Waals surface area contributed by atoms with Gasteiger partial charge in [-0.2, -0.15) is 0 Å². The van der Waals surface area contributed by atoms with Crippen molar-refractivity contribution in [3.8, 4) is 0 Å². The number of non-ortho nitro benzene ring substituents is 1. The zero-order chi connectivity index (χ0) is 14.7. The summed E-state index contributed by atoms with van der Waals surface area (Å²) < 4.78 is 4.62. The molecule has 1 N–H and O–H groups in total. The first-order valence-electron chi connectivity index (χ1n) is 6.30. The number of hydrogen-bond donors (Lipinski definition) is 1. The molecule has 1 aromatic carbocycles. The van der Waals surface area contributed by atoms with E-state index < -0.39 is 4.92 Å². The van der Waals surface area contributed by atoms with Crippen LogP contribution in [0.15, 0.2) is 16.8 Å². The van der Waals surface area contributed by atoms with E-state index in [0.29, 0.717) is 11.2 Å². The van der Waals surface area contributed by atoms with Crippen LogP contribution in [0.25, 0.3) is 11.0 Å². The fourth-order valence-electron chi connectivity index (χ4n) is 1.91. The lowest BCUT2D eigenvalue weighted by Crippen LogP contribution is -2.23. The summed E-state index contributed by atoms with van der Waals surface area (Å²) in [5.74, 6) is 0. The predicted octanol–water partition coefficient (Wildman–Crippen LogP) is 1.88. The summed E-state index contributed by atoms with van der Waals surface area (Å²) in [6, 6.07) is 3.25. The van der Waals surface area contributed by atoms with E-state index in [4.69, 9.17) is 0 Å². The third-order valence-electron chi connectivity index (χ3n) is 3.00. The van der Waals surface area contributed by atoms with Gasteiger partial charge in [0.2, 0.25) is 5.52 Å². The van der Waals surface area contributed by atoms with Gasteiger partial charge in [0, 0.05) is 12.1 Å². The number of anilines is 1. The predicted molar refractivity (Wildman–Crippen MR) is 74.7 cm³/mol. The Bertz CT molecular complexity index is 610. The maximum Gasteiger partial charge on any atom is 0.300 e. The SMILES string of the molecule is CC(CCN(C)C)Nc1ccc([N+](=O)[O-])c2nonc12. The first-order valence-corrected chi connectivity index (χ1v) is 6.30. The lowest BCUT2D eigenvalue weighted by atomic mass is 10.2. The monoisotopic (exact) mass is 279 g/mol. The number of nitro benzene ring substituents is 1. The minimum Gasteiger partial charge on any atom is -0.381 e. The summed E-state index contributed by atoms with van der Waals surface area (Å²) in [7, 11) is 4.02. The summed E-state index contributed by atoms with van der Waals surface area (Å²) >= 11 is 0. The molecule has 0 aliphatic heterocycles. The number of benzene rings is 1. The highest BCUT2D eigenvalue weighted by atomic mass is 16.6. The van der Waals surface area contributed by atoms with E-state index in [1.165, 1.54) is 6.07 Å². The molecule has 0 aliphatic rings. The van der Waals surface area contributed by atoms with Gasteiger partial charge in [0.15, 0.2) is 5.52 Å². The Morgan fingerprint density at radius 2 is 2.10 bits per heavy atom. The maximum atomic E-state index is 10.9. The Morgan fingerprint density at radius 3 is 2.75 bits per heavy atom. The normalized spacial score (nSPS) is 12.8. The van der Waals surface area contributed by atoms with Crippen molar-refractivity contribution in [1.82, 2.24) is 15.2 Å². The summed E-state index contributed by atoms with van der Waals surface area (Å²) in [4.78, 5) is 12.5. The van der Waals surface area contributed by atoms with Gasteiger partial charge in [-0.05, 0) is 50.4 Å². The fraction of sp³-hybridized carbons (Fsp3) is 0.500. The van der Waals surface area contributed by atoms with E-state index in [9.17, 15) is 10.1 Å². The molecule has 1 heterocycles. The highest BCUT2D eigenvalue weighted by Crippen LogP contribution is 2.29. The molecule has 0 radical (unpaired) electrons. The third kappa shape index (κ3) is 3.02. The van der Waals surface area contributed by atoms with Crippen LogP contribution in [0, 0.1) is 10.1 Å². The molecular formula is C12H17N5O3. The summed E-state index contributed by atoms with van der Waals surface area (Å²) in [6.07, 6.45) is 0.941. The van der Waals surface area contributed by atoms with E-state index in [1.807, 2.05) is 21.0 Å². The molecule has 2 aromatic rings. The van der Waals surface area contributed by atoms with Crippen molar-refractivity contribution in [3.63, 3.8) is 0 Å². The highest BCUT2D eigenvalue weighted by Gasteiger charge is 2.20. The Kier molecular flexibility index (Phi) is 4.14. The zero-order valence-electron chi connectivity index (χ0n) is 11.7. The molecule has 1 unspecified atom stereocenters. The van der Waals surface area contributed by atoms with Crippen LogP contribution >= 0.6 is 0 Å². The summed E-state index contributed by atoms with van der Waals surface area (Å²) in [5.41, 5.74) is 1.14. The van der Waals surface area contributed by atoms with Crippen molar-refractivity contribution in [2.45, 2.75) is 19.4 Å². The second-order valence-electron chi connectivity index (χ2n) is 4.99. The van der Waals surface area contributed by atoms with Gasteiger partial charge in [-0.15, -0.1) is 0 Å². The maximum absolute atomic E-state index is 10.9. The number of nitro groups is 1. The molecule has 0 amide bonds. The number of nitrogens with zero attached hydrogens (tertiary/aromatic N) is 4. The smallest absolute Gasteiger partial charge is 0.300 e. The van der Waals surface area contributed by atoms with E-state index in [-0.39, 0.29) is 17.2 Å². The van der Waals surface area contributed by atoms with Crippen LogP contribution in [-0.2, 0) is 0 Å². The second kappa shape index (κ2) is 5.83. The Labute approximate surface area is 115 Å². The Morgan fingerprint density at radius 1 is 1.40 bits per heavy atom. The van der Waals surface area contributed by atoms with Crippen LogP contribution < -0.4 is 5.32 Å². The first-order chi connectivity index (χ1) is 9.49. The molecule has 8 heteroatoms. The van der Waals surface area contributed by atoms with Crippen molar-refractivity contribution in [2.24, 2.45) is 0 Å². The molecule has 0 fully saturated rings. The van der Waals surface area contributed by atoms with Gasteiger partial charge in [-0.3, -0.25) is 10.1 Å². The highest BCUT2D eigenvalue weighted by molar-refractivity contribution is 5.93. The molecular weight excluding hydrogens is 262 g/mol. The van der Waals surface area contributed by atoms with Crippen molar-refractivity contribution >= 4 is 22.4 Å². The molecule has 0 aliphatic carbocycles. The third-order valence-corrected chi connectivity index (χ3v) is 3.00. The largest absolute Gasteiger partial charge is 0.381 e. The van der Waals surface area contributed by atoms with Gasteiger partial charge >= 0.3 is 5.69 Å². The zero-order valence-corrected chi connectivity index (χ0v) is 11.7. The number of aromatic nitrogens is 2. The van der Waals surface area contributed by atoms with Crippen molar-refractivity contribution in [3.05, 3.63) is 22.2 Å². The number of hydrogen-bond acceptors (Lipinski definition) is 7. The van der Waals surface area contributed by atoms with Crippen LogP contribution in [0.5, 0.6) is 0 Å². The van der Waals surface area contributed by atoms with Gasteiger partial charge in [0.25, 0.3) is 0 Å². The molecule has 0 saturated carbocycles. The number of nitrogens with one attached hydrogen (secondary N) is 1. The van der Waals surface area contributed by atoms with Crippen molar-refractivity contribution < 1.29 is 9.55 Å². The van der Waals surface area contributed by atoms with Crippen molar-refractivity contribution in [1.29, 1.82) is 0 Å². The standard InChI is InChI=1S/C12H17N5O3/c1-8(6-7-16(2)3)13-9-4-5-10(17(18)19)12-11(9)14-20-15-12/h4-5,8,13H,6-7H2,1-3H3. The molecule has 0 saturated heterocycles. The number of rotatable bonds is 6. The molecule has 1 aromatic heterocycles. The number of fused-ring (bicyclic) bond motifs is 1. The topological polar surface area (TPSA) is 97.3 Å². The van der Waals surface area contributed by atoms with Crippen LogP contribution in [0.3, 0.4) is 0 Å². The van der Waals surface area contributed by atoms with Gasteiger partial charge in [0.05, 0.1) is 10.6 Å². The molecule has 2 rings (SSSR count). The van der Waals surface area contributed by atoms with Gasteiger partial charge < -0.3 is 10.2 Å². The van der Waals surface area contributed by atoms with E-state index >= 15 is 0 Å². The first kappa shape index (κ1) is 14.2. The molecule has 108 valence electrons. The van der Waals surface area contributed by atoms with E-state index in [1.54, 1.807) is 6.07 Å². The lowest BCUT2D eigenvalue weighted by molar-refractivity contribution is -0.383. The summed E-state index contributed by atoms with van der Waals surface area (Å²) in [5, 5.41) is 21.5. The fourth-order valence-corrected chi connectivity index (χ4v) is 1.91. The van der Waals surface area contributed by atoms with Crippen LogP contribution in [0.4, 0.5) is 11.4 Å². The average molecular weight is 279 g/mol. The van der Waals surface area contributed by atoms with Crippen LogP contribution in [0.1, 0.15) is 13.3 Å². The molecule has 8 nitrogen and oxygen atoms in total. The van der Waals surface area contributed by atoms with Crippen LogP contribution in [0.2, 0.25) is 0 Å². The van der Waals surface area contributed by atoms with E-state index in [2.05, 4.69) is 25.2 Å². The van der Waals surface area contributed by atoms with Crippen LogP contribution in [-0.4, -0.2) is 46.8 Å². The molecule has 0 bridgehead atoms. The van der Waals surface area contributed by atoms with Gasteiger partial charge in [-0.1, -0.05) is 0 Å². The second-order valence-corrected chi connectivity index (χ2v) is 4.99. The minimum absolute atomic E-state index is 0.104. The quantitative estimate of drug-likeness (QED) is 0.636. The molecule has 1 atom stereocenters. The van der Waals surface area contributed by atoms with E-state index in [0.717, 1.165) is 13.0 Å². The van der Waals surface area contributed by atoms with Gasteiger partial charge in [0.1, 0.15) is 0 Å². The molecule has 20 heavy (non-hydrogen) atoms. The average Bonchev–Trinajstić information content (AvgIpc) is 2.85.